The second-order valence-electron chi connectivity index (χ2n) is 6.41. The Bertz CT molecular complexity index is 772. The molecule has 23 heavy (non-hydrogen) atoms. The van der Waals surface area contributed by atoms with Crippen LogP contribution in [0.15, 0.2) is 54.6 Å². The van der Waals surface area contributed by atoms with Crippen LogP contribution in [0.2, 0.25) is 0 Å². The van der Waals surface area contributed by atoms with Gasteiger partial charge in [-0.2, -0.15) is 0 Å². The molecule has 4 heteroatoms. The van der Waals surface area contributed by atoms with Gasteiger partial charge in [-0.25, -0.2) is 4.39 Å². The summed E-state index contributed by atoms with van der Waals surface area (Å²) in [6.45, 7) is 0.330. The van der Waals surface area contributed by atoms with Gasteiger partial charge in [0.25, 0.3) is 0 Å². The molecule has 0 bridgehead atoms. The van der Waals surface area contributed by atoms with Gasteiger partial charge in [-0.3, -0.25) is 14.5 Å². The molecule has 116 valence electrons. The number of carbonyl (C=O) groups is 2. The molecule has 1 spiro atoms. The summed E-state index contributed by atoms with van der Waals surface area (Å²) in [5.74, 6) is -0.451. The van der Waals surface area contributed by atoms with Crippen molar-refractivity contribution in [2.24, 2.45) is 5.41 Å². The molecule has 0 N–H and O–H groups in total. The van der Waals surface area contributed by atoms with Crippen molar-refractivity contribution in [2.45, 2.75) is 25.3 Å². The van der Waals surface area contributed by atoms with Crippen LogP contribution in [0, 0.1) is 11.2 Å². The third-order valence-corrected chi connectivity index (χ3v) is 4.97. The van der Waals surface area contributed by atoms with Gasteiger partial charge in [0, 0.05) is 6.42 Å². The van der Waals surface area contributed by atoms with Crippen molar-refractivity contribution in [3.05, 3.63) is 71.5 Å². The third-order valence-electron chi connectivity index (χ3n) is 4.97. The number of benzene rings is 2. The molecule has 3 nitrogen and oxygen atoms in total. The van der Waals surface area contributed by atoms with E-state index in [2.05, 4.69) is 0 Å². The number of imide groups is 1. The van der Waals surface area contributed by atoms with Crippen molar-refractivity contribution in [1.82, 2.24) is 4.90 Å². The largest absolute Gasteiger partial charge is 0.278 e. The van der Waals surface area contributed by atoms with Crippen molar-refractivity contribution in [3.8, 4) is 0 Å². The summed E-state index contributed by atoms with van der Waals surface area (Å²) in [6, 6.07) is 15.8. The lowest BCUT2D eigenvalue weighted by Crippen LogP contribution is -2.30. The van der Waals surface area contributed by atoms with E-state index in [9.17, 15) is 14.0 Å². The minimum atomic E-state index is -0.594. The van der Waals surface area contributed by atoms with E-state index in [0.29, 0.717) is 13.0 Å². The molecule has 1 heterocycles. The summed E-state index contributed by atoms with van der Waals surface area (Å²) in [6.07, 6.45) is 0.940. The molecule has 2 fully saturated rings. The lowest BCUT2D eigenvalue weighted by Gasteiger charge is -2.15. The predicted molar refractivity (Wildman–Crippen MR) is 82.8 cm³/mol. The van der Waals surface area contributed by atoms with Crippen molar-refractivity contribution in [2.75, 3.05) is 0 Å². The van der Waals surface area contributed by atoms with E-state index in [0.717, 1.165) is 11.1 Å². The first-order chi connectivity index (χ1) is 11.1. The molecule has 2 aromatic carbocycles. The average Bonchev–Trinajstić information content (AvgIpc) is 3.23. The van der Waals surface area contributed by atoms with Gasteiger partial charge in [0.15, 0.2) is 0 Å². The van der Waals surface area contributed by atoms with Crippen LogP contribution in [0.25, 0.3) is 0 Å². The molecule has 1 saturated carbocycles. The fourth-order valence-corrected chi connectivity index (χ4v) is 3.62. The second-order valence-corrected chi connectivity index (χ2v) is 6.41. The van der Waals surface area contributed by atoms with E-state index in [1.165, 1.54) is 17.0 Å². The molecule has 2 aliphatic rings. The summed E-state index contributed by atoms with van der Waals surface area (Å²) in [5.41, 5.74) is 1.29. The van der Waals surface area contributed by atoms with E-state index in [1.807, 2.05) is 30.3 Å². The Morgan fingerprint density at radius 2 is 1.74 bits per heavy atom. The lowest BCUT2D eigenvalue weighted by atomic mass is 9.97. The first kappa shape index (κ1) is 14.1. The fraction of sp³-hybridized carbons (Fsp3) is 0.263. The van der Waals surface area contributed by atoms with Crippen molar-refractivity contribution in [3.63, 3.8) is 0 Å². The molecular formula is C19H16FNO2. The normalized spacial score (nSPS) is 26.1. The SMILES string of the molecule is O=C1CC2(C[C@H]2c2ccc(F)cc2)C(=O)N1Cc1ccccc1. The van der Waals surface area contributed by atoms with Crippen LogP contribution in [-0.2, 0) is 16.1 Å². The monoisotopic (exact) mass is 309 g/mol. The molecule has 2 amide bonds. The van der Waals surface area contributed by atoms with Gasteiger partial charge in [0.2, 0.25) is 11.8 Å². The zero-order chi connectivity index (χ0) is 16.0. The van der Waals surface area contributed by atoms with Gasteiger partial charge in [0.05, 0.1) is 12.0 Å². The van der Waals surface area contributed by atoms with Crippen LogP contribution < -0.4 is 0 Å². The molecule has 0 aromatic heterocycles. The Labute approximate surface area is 133 Å². The molecule has 4 rings (SSSR count). The average molecular weight is 309 g/mol. The number of amides is 2. The van der Waals surface area contributed by atoms with E-state index < -0.39 is 5.41 Å². The van der Waals surface area contributed by atoms with Gasteiger partial charge in [0.1, 0.15) is 5.82 Å². The predicted octanol–water partition coefficient (Wildman–Crippen LogP) is 3.26. The molecule has 1 aliphatic carbocycles. The number of hydrogen-bond donors (Lipinski definition) is 0. The molecule has 0 radical (unpaired) electrons. The van der Waals surface area contributed by atoms with E-state index >= 15 is 0 Å². The van der Waals surface area contributed by atoms with Crippen LogP contribution in [0.1, 0.15) is 29.9 Å². The summed E-state index contributed by atoms with van der Waals surface area (Å²) in [7, 11) is 0. The van der Waals surface area contributed by atoms with Crippen molar-refractivity contribution < 1.29 is 14.0 Å². The Balaban J connectivity index is 1.55. The lowest BCUT2D eigenvalue weighted by molar-refractivity contribution is -0.140. The van der Waals surface area contributed by atoms with Crippen LogP contribution in [0.4, 0.5) is 4.39 Å². The van der Waals surface area contributed by atoms with E-state index in [1.54, 1.807) is 12.1 Å². The van der Waals surface area contributed by atoms with Crippen molar-refractivity contribution in [1.29, 1.82) is 0 Å². The Morgan fingerprint density at radius 3 is 2.43 bits per heavy atom. The number of likely N-dealkylation sites (tertiary alicyclic amines) is 1. The Hall–Kier alpha value is -2.49. The van der Waals surface area contributed by atoms with Gasteiger partial charge in [-0.15, -0.1) is 0 Å². The zero-order valence-electron chi connectivity index (χ0n) is 12.5. The third kappa shape index (κ3) is 2.25. The first-order valence-electron chi connectivity index (χ1n) is 7.74. The Kier molecular flexibility index (Phi) is 3.08. The van der Waals surface area contributed by atoms with E-state index in [4.69, 9.17) is 0 Å². The molecule has 1 unspecified atom stereocenters. The van der Waals surface area contributed by atoms with Gasteiger partial charge >= 0.3 is 0 Å². The van der Waals surface area contributed by atoms with E-state index in [-0.39, 0.29) is 30.0 Å². The maximum absolute atomic E-state index is 13.1. The number of nitrogens with zero attached hydrogens (tertiary/aromatic N) is 1. The highest BCUT2D eigenvalue weighted by molar-refractivity contribution is 6.08. The standard InChI is InChI=1S/C19H16FNO2/c20-15-8-6-14(7-9-15)16-10-19(16)11-17(22)21(18(19)23)12-13-4-2-1-3-5-13/h1-9,16H,10-12H2/t16-,19?/m0/s1. The minimum Gasteiger partial charge on any atom is -0.278 e. The van der Waals surface area contributed by atoms with Crippen LogP contribution >= 0.6 is 0 Å². The van der Waals surface area contributed by atoms with Gasteiger partial charge < -0.3 is 0 Å². The second kappa shape index (κ2) is 5.01. The number of hydrogen-bond acceptors (Lipinski definition) is 2. The highest BCUT2D eigenvalue weighted by atomic mass is 19.1. The maximum Gasteiger partial charge on any atom is 0.236 e. The molecule has 2 atom stereocenters. The maximum atomic E-state index is 13.1. The highest BCUT2D eigenvalue weighted by Gasteiger charge is 2.67. The van der Waals surface area contributed by atoms with Gasteiger partial charge in [-0.1, -0.05) is 42.5 Å². The number of rotatable bonds is 3. The fourth-order valence-electron chi connectivity index (χ4n) is 3.62. The van der Waals surface area contributed by atoms with Crippen molar-refractivity contribution >= 4 is 11.8 Å². The van der Waals surface area contributed by atoms with Crippen LogP contribution in [0.5, 0.6) is 0 Å². The summed E-state index contributed by atoms with van der Waals surface area (Å²) >= 11 is 0. The summed E-state index contributed by atoms with van der Waals surface area (Å²) in [4.78, 5) is 26.5. The first-order valence-corrected chi connectivity index (χ1v) is 7.74. The highest BCUT2D eigenvalue weighted by Crippen LogP contribution is 2.65. The molecule has 1 saturated heterocycles. The quantitative estimate of drug-likeness (QED) is 0.816. The van der Waals surface area contributed by atoms with Crippen LogP contribution in [-0.4, -0.2) is 16.7 Å². The molecule has 1 aliphatic heterocycles. The summed E-state index contributed by atoms with van der Waals surface area (Å²) < 4.78 is 13.1. The van der Waals surface area contributed by atoms with Crippen LogP contribution in [0.3, 0.4) is 0 Å². The molecule has 2 aromatic rings. The van der Waals surface area contributed by atoms with Gasteiger partial charge in [-0.05, 0) is 35.6 Å². The Morgan fingerprint density at radius 1 is 1.04 bits per heavy atom. The minimum absolute atomic E-state index is 0.0281. The smallest absolute Gasteiger partial charge is 0.236 e. The number of halogens is 1. The number of carbonyl (C=O) groups excluding carboxylic acids is 2. The topological polar surface area (TPSA) is 37.4 Å². The molecular weight excluding hydrogens is 293 g/mol. The zero-order valence-corrected chi connectivity index (χ0v) is 12.5. The summed E-state index contributed by atoms with van der Waals surface area (Å²) in [5, 5.41) is 0.